The van der Waals surface area contributed by atoms with Crippen molar-refractivity contribution >= 4 is 28.2 Å². The summed E-state index contributed by atoms with van der Waals surface area (Å²) in [4.78, 5) is 0. The molecule has 0 spiro atoms. The van der Waals surface area contributed by atoms with Gasteiger partial charge in [-0.15, -0.1) is 11.8 Å². The van der Waals surface area contributed by atoms with Crippen molar-refractivity contribution in [1.29, 1.82) is 0 Å². The number of rotatable bonds is 6. The molecule has 0 radical (unpaired) electrons. The third-order valence-electron chi connectivity index (χ3n) is 3.60. The molecule has 1 nitrogen and oxygen atoms in total. The first kappa shape index (κ1) is 16.2. The highest BCUT2D eigenvalue weighted by atomic mass is 32.2. The molecule has 0 saturated carbocycles. The molecular weight excluding hydrogens is 294 g/mol. The second-order valence-corrected chi connectivity index (χ2v) is 6.61. The van der Waals surface area contributed by atoms with Crippen LogP contribution in [0.4, 0.5) is 0 Å². The van der Waals surface area contributed by atoms with E-state index < -0.39 is 0 Å². The van der Waals surface area contributed by atoms with Gasteiger partial charge < -0.3 is 5.32 Å². The van der Waals surface area contributed by atoms with Crippen LogP contribution in [0.3, 0.4) is 0 Å². The van der Waals surface area contributed by atoms with Gasteiger partial charge in [0.2, 0.25) is 0 Å². The maximum absolute atomic E-state index is 5.51. The molecule has 0 bridgehead atoms. The fourth-order valence-corrected chi connectivity index (χ4v) is 3.03. The molecule has 0 aliphatic heterocycles. The summed E-state index contributed by atoms with van der Waals surface area (Å²) in [5.41, 5.74) is 2.58. The van der Waals surface area contributed by atoms with E-state index in [2.05, 4.69) is 73.1 Å². The third-order valence-corrected chi connectivity index (χ3v) is 5.25. The van der Waals surface area contributed by atoms with Crippen molar-refractivity contribution in [3.63, 3.8) is 0 Å². The fraction of sp³-hybridized carbons (Fsp3) is 0.278. The summed E-state index contributed by atoms with van der Waals surface area (Å²) in [7, 11) is 0. The summed E-state index contributed by atoms with van der Waals surface area (Å²) in [5, 5.41) is 3.67. The topological polar surface area (TPSA) is 12.0 Å². The average Bonchev–Trinajstić information content (AvgIpc) is 2.56. The Morgan fingerprint density at radius 3 is 2.19 bits per heavy atom. The lowest BCUT2D eigenvalue weighted by atomic mass is 9.95. The lowest BCUT2D eigenvalue weighted by Gasteiger charge is -2.26. The van der Waals surface area contributed by atoms with Crippen LogP contribution >= 0.6 is 24.0 Å². The van der Waals surface area contributed by atoms with Gasteiger partial charge in [-0.2, -0.15) is 0 Å². The Kier molecular flexibility index (Phi) is 6.43. The molecule has 21 heavy (non-hydrogen) atoms. The van der Waals surface area contributed by atoms with Gasteiger partial charge in [0.05, 0.1) is 4.20 Å². The summed E-state index contributed by atoms with van der Waals surface area (Å²) in [6.45, 7) is 3.05. The summed E-state index contributed by atoms with van der Waals surface area (Å²) in [5.74, 6) is 0.307. The molecule has 0 fully saturated rings. The Morgan fingerprint density at radius 2 is 1.62 bits per heavy atom. The zero-order chi connectivity index (χ0) is 15.1. The van der Waals surface area contributed by atoms with E-state index in [0.717, 1.165) is 10.7 Å². The van der Waals surface area contributed by atoms with Crippen molar-refractivity contribution in [2.45, 2.75) is 19.5 Å². The molecule has 2 atom stereocenters. The molecule has 2 aromatic rings. The Hall–Kier alpha value is -1.16. The van der Waals surface area contributed by atoms with Crippen LogP contribution in [0.1, 0.15) is 24.1 Å². The molecule has 0 aromatic heterocycles. The standard InChI is InChI=1S/C18H21NS2/c1-14(18(20)21-2)17(16-11-7-4-8-12-16)19-13-15-9-5-3-6-10-15/h3-12,14,17,19H,13H2,1-2H3/t14-,17+/m1/s1. The number of thioether (sulfide) groups is 1. The molecule has 110 valence electrons. The van der Waals surface area contributed by atoms with Crippen LogP contribution < -0.4 is 5.32 Å². The maximum atomic E-state index is 5.51. The van der Waals surface area contributed by atoms with Crippen LogP contribution in [0.5, 0.6) is 0 Å². The highest BCUT2D eigenvalue weighted by Crippen LogP contribution is 2.27. The Morgan fingerprint density at radius 1 is 1.05 bits per heavy atom. The van der Waals surface area contributed by atoms with Gasteiger partial charge in [-0.25, -0.2) is 0 Å². The molecule has 2 aromatic carbocycles. The van der Waals surface area contributed by atoms with Crippen molar-refractivity contribution in [2.75, 3.05) is 6.26 Å². The second-order valence-electron chi connectivity index (χ2n) is 5.07. The van der Waals surface area contributed by atoms with E-state index in [-0.39, 0.29) is 6.04 Å². The van der Waals surface area contributed by atoms with Crippen LogP contribution in [0.25, 0.3) is 0 Å². The Balaban J connectivity index is 2.14. The van der Waals surface area contributed by atoms with Crippen molar-refractivity contribution in [2.24, 2.45) is 5.92 Å². The molecule has 3 heteroatoms. The van der Waals surface area contributed by atoms with E-state index in [1.54, 1.807) is 11.8 Å². The van der Waals surface area contributed by atoms with E-state index in [0.29, 0.717) is 5.92 Å². The first-order chi connectivity index (χ1) is 10.2. The summed E-state index contributed by atoms with van der Waals surface area (Å²) >= 11 is 7.18. The van der Waals surface area contributed by atoms with Crippen LogP contribution in [0.15, 0.2) is 60.7 Å². The monoisotopic (exact) mass is 315 g/mol. The zero-order valence-electron chi connectivity index (χ0n) is 12.5. The summed E-state index contributed by atoms with van der Waals surface area (Å²) in [6.07, 6.45) is 2.05. The molecule has 0 unspecified atom stereocenters. The normalized spacial score (nSPS) is 13.6. The van der Waals surface area contributed by atoms with Gasteiger partial charge in [0.1, 0.15) is 0 Å². The quantitative estimate of drug-likeness (QED) is 0.766. The van der Waals surface area contributed by atoms with Gasteiger partial charge >= 0.3 is 0 Å². The number of thiocarbonyl (C=S) groups is 1. The van der Waals surface area contributed by atoms with Gasteiger partial charge in [-0.05, 0) is 17.4 Å². The molecule has 0 heterocycles. The SMILES string of the molecule is CSC(=S)[C@H](C)[C@H](NCc1ccccc1)c1ccccc1. The predicted molar refractivity (Wildman–Crippen MR) is 97.7 cm³/mol. The van der Waals surface area contributed by atoms with Crippen LogP contribution in [0, 0.1) is 5.92 Å². The first-order valence-electron chi connectivity index (χ1n) is 7.12. The number of hydrogen-bond acceptors (Lipinski definition) is 3. The second kappa shape index (κ2) is 8.32. The van der Waals surface area contributed by atoms with E-state index in [1.807, 2.05) is 6.07 Å². The molecule has 0 saturated heterocycles. The Bertz CT molecular complexity index is 554. The van der Waals surface area contributed by atoms with E-state index in [4.69, 9.17) is 12.2 Å². The number of hydrogen-bond donors (Lipinski definition) is 1. The van der Waals surface area contributed by atoms with Crippen LogP contribution in [-0.2, 0) is 6.54 Å². The molecule has 2 rings (SSSR count). The summed E-state index contributed by atoms with van der Waals surface area (Å²) < 4.78 is 1.05. The van der Waals surface area contributed by atoms with E-state index >= 15 is 0 Å². The largest absolute Gasteiger partial charge is 0.305 e. The number of benzene rings is 2. The molecule has 0 amide bonds. The molecule has 0 aliphatic rings. The van der Waals surface area contributed by atoms with E-state index in [9.17, 15) is 0 Å². The van der Waals surface area contributed by atoms with E-state index in [1.165, 1.54) is 11.1 Å². The zero-order valence-corrected chi connectivity index (χ0v) is 14.1. The predicted octanol–water partition coefficient (Wildman–Crippen LogP) is 4.84. The van der Waals surface area contributed by atoms with Crippen LogP contribution in [-0.4, -0.2) is 10.5 Å². The maximum Gasteiger partial charge on any atom is 0.0523 e. The summed E-state index contributed by atoms with van der Waals surface area (Å²) in [6, 6.07) is 21.3. The van der Waals surface area contributed by atoms with Gasteiger partial charge in [0, 0.05) is 18.5 Å². The fourth-order valence-electron chi connectivity index (χ4n) is 2.39. The smallest absolute Gasteiger partial charge is 0.0523 e. The lowest BCUT2D eigenvalue weighted by molar-refractivity contribution is 0.468. The highest BCUT2D eigenvalue weighted by Gasteiger charge is 2.21. The minimum Gasteiger partial charge on any atom is -0.305 e. The minimum absolute atomic E-state index is 0.242. The van der Waals surface area contributed by atoms with Crippen molar-refractivity contribution < 1.29 is 0 Å². The number of nitrogens with one attached hydrogen (secondary N) is 1. The average molecular weight is 316 g/mol. The minimum atomic E-state index is 0.242. The first-order valence-corrected chi connectivity index (χ1v) is 8.75. The van der Waals surface area contributed by atoms with Crippen LogP contribution in [0.2, 0.25) is 0 Å². The van der Waals surface area contributed by atoms with Gasteiger partial charge in [0.25, 0.3) is 0 Å². The highest BCUT2D eigenvalue weighted by molar-refractivity contribution is 8.22. The van der Waals surface area contributed by atoms with Crippen molar-refractivity contribution in [3.8, 4) is 0 Å². The van der Waals surface area contributed by atoms with Crippen molar-refractivity contribution in [3.05, 3.63) is 71.8 Å². The van der Waals surface area contributed by atoms with Gasteiger partial charge in [0.15, 0.2) is 0 Å². The Labute approximate surface area is 137 Å². The third kappa shape index (κ3) is 4.67. The van der Waals surface area contributed by atoms with Gasteiger partial charge in [-0.3, -0.25) is 0 Å². The molecular formula is C18H21NS2. The van der Waals surface area contributed by atoms with Gasteiger partial charge in [-0.1, -0.05) is 79.8 Å². The van der Waals surface area contributed by atoms with Crippen molar-refractivity contribution in [1.82, 2.24) is 5.32 Å². The molecule has 1 N–H and O–H groups in total. The molecule has 0 aliphatic carbocycles. The lowest BCUT2D eigenvalue weighted by Crippen LogP contribution is -2.29.